The molecule has 3 aliphatic rings. The van der Waals surface area contributed by atoms with Crippen LogP contribution in [-0.4, -0.2) is 102 Å². The Morgan fingerprint density at radius 1 is 1.07 bits per heavy atom. The number of benzene rings is 2. The molecular formula is C32H38N4O7. The number of aliphatic hydroxyl groups is 1. The zero-order valence-electron chi connectivity index (χ0n) is 24.8. The number of carbonyl (C=O) groups excluding carboxylic acids is 5. The number of rotatable bonds is 8. The van der Waals surface area contributed by atoms with E-state index in [-0.39, 0.29) is 24.2 Å². The van der Waals surface area contributed by atoms with Gasteiger partial charge in [-0.25, -0.2) is 0 Å². The molecule has 6 atom stereocenters. The summed E-state index contributed by atoms with van der Waals surface area (Å²) in [5, 5.41) is 26.0. The molecule has 11 heteroatoms. The maximum Gasteiger partial charge on any atom is 0.235 e. The molecule has 0 aromatic heterocycles. The summed E-state index contributed by atoms with van der Waals surface area (Å²) in [4.78, 5) is 70.4. The number of nitrogens with zero attached hydrogens (tertiary/aromatic N) is 2. The first-order valence-electron chi connectivity index (χ1n) is 14.4. The van der Waals surface area contributed by atoms with Gasteiger partial charge < -0.3 is 26.2 Å². The van der Waals surface area contributed by atoms with Crippen LogP contribution >= 0.6 is 0 Å². The number of aromatic hydroxyl groups is 1. The monoisotopic (exact) mass is 590 g/mol. The molecule has 0 aliphatic heterocycles. The molecule has 43 heavy (non-hydrogen) atoms. The van der Waals surface area contributed by atoms with E-state index in [9.17, 15) is 34.2 Å². The highest BCUT2D eigenvalue weighted by Gasteiger charge is 2.69. The van der Waals surface area contributed by atoms with Crippen molar-refractivity contribution < 1.29 is 34.2 Å². The van der Waals surface area contributed by atoms with Crippen molar-refractivity contribution in [2.75, 3.05) is 41.3 Å². The van der Waals surface area contributed by atoms with E-state index >= 15 is 0 Å². The van der Waals surface area contributed by atoms with E-state index < -0.39 is 64.4 Å². The van der Waals surface area contributed by atoms with Crippen LogP contribution in [0.25, 0.3) is 11.1 Å². The predicted molar refractivity (Wildman–Crippen MR) is 157 cm³/mol. The van der Waals surface area contributed by atoms with Gasteiger partial charge in [-0.05, 0) is 81.3 Å². The fourth-order valence-corrected chi connectivity index (χ4v) is 7.26. The molecule has 5 rings (SSSR count). The Kier molecular flexibility index (Phi) is 8.12. The summed E-state index contributed by atoms with van der Waals surface area (Å²) in [6.07, 6.45) is 0.218. The molecule has 5 N–H and O–H groups in total. The molecule has 0 spiro atoms. The summed E-state index contributed by atoms with van der Waals surface area (Å²) in [6, 6.07) is 9.87. The minimum atomic E-state index is -2.74. The third-order valence-electron chi connectivity index (χ3n) is 9.25. The summed E-state index contributed by atoms with van der Waals surface area (Å²) in [5.41, 5.74) is 5.81. The van der Waals surface area contributed by atoms with Gasteiger partial charge >= 0.3 is 0 Å². The second-order valence-corrected chi connectivity index (χ2v) is 12.5. The molecule has 2 unspecified atom stereocenters. The first-order valence-corrected chi connectivity index (χ1v) is 14.4. The number of carbonyl (C=O) groups is 5. The van der Waals surface area contributed by atoms with Crippen molar-refractivity contribution in [3.8, 4) is 16.9 Å². The Morgan fingerprint density at radius 3 is 2.44 bits per heavy atom. The average molecular weight is 591 g/mol. The van der Waals surface area contributed by atoms with Crippen LogP contribution in [0.2, 0.25) is 0 Å². The number of hydrogen-bond acceptors (Lipinski definition) is 10. The maximum absolute atomic E-state index is 14.0. The minimum Gasteiger partial charge on any atom is -0.507 e. The fourth-order valence-electron chi connectivity index (χ4n) is 7.26. The van der Waals surface area contributed by atoms with Gasteiger partial charge in [-0.2, -0.15) is 0 Å². The average Bonchev–Trinajstić information content (AvgIpc) is 2.93. The van der Waals surface area contributed by atoms with E-state index in [1.165, 1.54) is 11.0 Å². The molecule has 2 aromatic rings. The van der Waals surface area contributed by atoms with Gasteiger partial charge in [0.2, 0.25) is 5.91 Å². The molecule has 228 valence electrons. The van der Waals surface area contributed by atoms with Crippen molar-refractivity contribution in [2.24, 2.45) is 29.4 Å². The number of Topliss-reactive ketones (excluding diaryl/α,β-unsaturated/α-hetero) is 4. The molecule has 2 saturated carbocycles. The van der Waals surface area contributed by atoms with Crippen molar-refractivity contribution >= 4 is 29.0 Å². The lowest BCUT2D eigenvalue weighted by molar-refractivity contribution is -0.181. The van der Waals surface area contributed by atoms with Crippen molar-refractivity contribution in [3.05, 3.63) is 53.1 Å². The van der Waals surface area contributed by atoms with E-state index in [0.717, 1.165) is 29.8 Å². The number of amides is 1. The van der Waals surface area contributed by atoms with Crippen LogP contribution in [0.15, 0.2) is 36.4 Å². The topological polar surface area (TPSA) is 170 Å². The van der Waals surface area contributed by atoms with Crippen LogP contribution in [0.3, 0.4) is 0 Å². The number of nitrogens with one attached hydrogen (secondary N) is 1. The van der Waals surface area contributed by atoms with Crippen LogP contribution in [-0.2, 0) is 32.1 Å². The summed E-state index contributed by atoms with van der Waals surface area (Å²) in [7, 11) is 7.14. The van der Waals surface area contributed by atoms with Gasteiger partial charge in [0.15, 0.2) is 34.7 Å². The lowest BCUT2D eigenvalue weighted by atomic mass is 9.52. The summed E-state index contributed by atoms with van der Waals surface area (Å²) < 4.78 is 0. The highest BCUT2D eigenvalue weighted by Crippen LogP contribution is 2.51. The molecule has 0 bridgehead atoms. The van der Waals surface area contributed by atoms with Crippen LogP contribution in [0.5, 0.6) is 5.75 Å². The molecule has 0 radical (unpaired) electrons. The summed E-state index contributed by atoms with van der Waals surface area (Å²) in [5.74, 6) is -10.5. The Labute approximate surface area is 250 Å². The van der Waals surface area contributed by atoms with Gasteiger partial charge in [0.1, 0.15) is 5.75 Å². The zero-order chi connectivity index (χ0) is 31.4. The van der Waals surface area contributed by atoms with Gasteiger partial charge in [0.05, 0.1) is 17.5 Å². The predicted octanol–water partition coefficient (Wildman–Crippen LogP) is 0.185. The summed E-state index contributed by atoms with van der Waals surface area (Å²) >= 11 is 0. The molecule has 3 aliphatic carbocycles. The smallest absolute Gasteiger partial charge is 0.235 e. The second-order valence-electron chi connectivity index (χ2n) is 12.5. The largest absolute Gasteiger partial charge is 0.507 e. The Balaban J connectivity index is 1.54. The zero-order valence-corrected chi connectivity index (χ0v) is 24.8. The third kappa shape index (κ3) is 5.00. The van der Waals surface area contributed by atoms with Gasteiger partial charge in [0.25, 0.3) is 0 Å². The standard InChI is InChI=1S/C32H38N4O7/c1-35(2)11-10-34-15-16-6-5-7-17(12-16)19-8-9-22(37)24-20(19)13-18-14-21-26(36(3)4)28(39)25(31(33)42)30(41)32(21,43)29(40)23(18)27(24)38/h5-9,12,18,21,23,25-26,34,37,43H,10-11,13-15H2,1-4H3,(H2,33,42)/t18-,21-,23?,25?,26-,32-/m0/s1. The van der Waals surface area contributed by atoms with E-state index in [0.29, 0.717) is 12.1 Å². The Bertz CT molecular complexity index is 1520. The van der Waals surface area contributed by atoms with E-state index in [2.05, 4.69) is 10.2 Å². The molecule has 0 heterocycles. The SMILES string of the molecule is CN(C)CCNCc1cccc(-c2ccc(O)c3c2C[C@H]2C[C@H]4[C@H](N(C)C)C(=O)C(C(N)=O)C(=O)[C@@]4(O)C(=O)C2C3=O)c1. The number of primary amides is 1. The highest BCUT2D eigenvalue weighted by atomic mass is 16.3. The molecule has 11 nitrogen and oxygen atoms in total. The fraction of sp³-hybridized carbons (Fsp3) is 0.469. The van der Waals surface area contributed by atoms with Crippen LogP contribution in [0.1, 0.15) is 27.9 Å². The minimum absolute atomic E-state index is 0.00876. The van der Waals surface area contributed by atoms with Crippen LogP contribution in [0, 0.1) is 23.7 Å². The lowest BCUT2D eigenvalue weighted by Gasteiger charge is -2.52. The van der Waals surface area contributed by atoms with Gasteiger partial charge in [-0.15, -0.1) is 0 Å². The summed E-state index contributed by atoms with van der Waals surface area (Å²) in [6.45, 7) is 2.34. The van der Waals surface area contributed by atoms with Crippen molar-refractivity contribution in [1.82, 2.24) is 15.1 Å². The normalized spacial score (nSPS) is 28.6. The van der Waals surface area contributed by atoms with E-state index in [1.807, 2.05) is 38.4 Å². The number of phenolic OH excluding ortho intramolecular Hbond substituents is 1. The van der Waals surface area contributed by atoms with Crippen LogP contribution in [0.4, 0.5) is 0 Å². The van der Waals surface area contributed by atoms with Gasteiger partial charge in [0, 0.05) is 25.6 Å². The maximum atomic E-state index is 14.0. The van der Waals surface area contributed by atoms with Crippen molar-refractivity contribution in [3.63, 3.8) is 0 Å². The molecular weight excluding hydrogens is 552 g/mol. The van der Waals surface area contributed by atoms with Crippen molar-refractivity contribution in [1.29, 1.82) is 0 Å². The lowest BCUT2D eigenvalue weighted by Crippen LogP contribution is -2.74. The van der Waals surface area contributed by atoms with Crippen LogP contribution < -0.4 is 11.1 Å². The molecule has 1 amide bonds. The Hall–Kier alpha value is -3.77. The number of ketones is 4. The third-order valence-corrected chi connectivity index (χ3v) is 9.25. The number of nitrogens with two attached hydrogens (primary N) is 1. The first kappa shape index (κ1) is 30.7. The Morgan fingerprint density at radius 2 is 1.79 bits per heavy atom. The quantitative estimate of drug-likeness (QED) is 0.246. The first-order chi connectivity index (χ1) is 20.3. The number of hydrogen-bond donors (Lipinski definition) is 4. The number of phenols is 1. The number of likely N-dealkylation sites (N-methyl/N-ethyl adjacent to an activating group) is 2. The number of fused-ring (bicyclic) bond motifs is 3. The highest BCUT2D eigenvalue weighted by molar-refractivity contribution is 6.32. The second kappa shape index (κ2) is 11.4. The van der Waals surface area contributed by atoms with Gasteiger partial charge in [-0.1, -0.05) is 24.3 Å². The molecule has 2 fully saturated rings. The van der Waals surface area contributed by atoms with Crippen molar-refractivity contribution in [2.45, 2.75) is 31.0 Å². The van der Waals surface area contributed by atoms with E-state index in [4.69, 9.17) is 5.73 Å². The van der Waals surface area contributed by atoms with Gasteiger partial charge in [-0.3, -0.25) is 28.9 Å². The molecule has 0 saturated heterocycles. The molecule has 2 aromatic carbocycles. The van der Waals surface area contributed by atoms with E-state index in [1.54, 1.807) is 20.2 Å².